The Labute approximate surface area is 88.3 Å². The van der Waals surface area contributed by atoms with E-state index in [2.05, 4.69) is 6.92 Å². The fraction of sp³-hybridized carbons (Fsp3) is 1.00. The van der Waals surface area contributed by atoms with Crippen LogP contribution in [0.15, 0.2) is 0 Å². The lowest BCUT2D eigenvalue weighted by atomic mass is 9.97. The molecule has 0 aromatic rings. The van der Waals surface area contributed by atoms with Crippen molar-refractivity contribution in [2.24, 2.45) is 5.92 Å². The van der Waals surface area contributed by atoms with Gasteiger partial charge in [0.15, 0.2) is 0 Å². The first kappa shape index (κ1) is 13.9. The van der Waals surface area contributed by atoms with Crippen molar-refractivity contribution in [3.8, 4) is 0 Å². The summed E-state index contributed by atoms with van der Waals surface area (Å²) in [5.41, 5.74) is 0. The lowest BCUT2D eigenvalue weighted by Gasteiger charge is -2.16. The summed E-state index contributed by atoms with van der Waals surface area (Å²) < 4.78 is 0. The van der Waals surface area contributed by atoms with Crippen molar-refractivity contribution in [2.75, 3.05) is 6.61 Å². The highest BCUT2D eigenvalue weighted by Crippen LogP contribution is 2.14. The molecule has 2 atom stereocenters. The van der Waals surface area contributed by atoms with Gasteiger partial charge in [-0.25, -0.2) is 0 Å². The molecule has 0 radical (unpaired) electrons. The second-order valence-electron chi connectivity index (χ2n) is 4.24. The third-order valence-corrected chi connectivity index (χ3v) is 2.85. The molecule has 0 aliphatic carbocycles. The van der Waals surface area contributed by atoms with Gasteiger partial charge in [0.1, 0.15) is 0 Å². The predicted molar refractivity (Wildman–Crippen MR) is 60.2 cm³/mol. The molecule has 86 valence electrons. The van der Waals surface area contributed by atoms with E-state index in [1.807, 2.05) is 0 Å². The zero-order valence-electron chi connectivity index (χ0n) is 9.71. The van der Waals surface area contributed by atoms with E-state index < -0.39 is 0 Å². The van der Waals surface area contributed by atoms with Gasteiger partial charge in [0.05, 0.1) is 6.10 Å². The fourth-order valence-electron chi connectivity index (χ4n) is 1.67. The zero-order valence-corrected chi connectivity index (χ0v) is 9.71. The molecule has 0 fully saturated rings. The molecule has 0 unspecified atom stereocenters. The molecule has 2 N–H and O–H groups in total. The van der Waals surface area contributed by atoms with Gasteiger partial charge in [0.2, 0.25) is 0 Å². The van der Waals surface area contributed by atoms with E-state index in [1.54, 1.807) is 6.92 Å². The number of hydrogen-bond acceptors (Lipinski definition) is 2. The van der Waals surface area contributed by atoms with Gasteiger partial charge in [-0.3, -0.25) is 0 Å². The third-order valence-electron chi connectivity index (χ3n) is 2.85. The molecule has 0 spiro atoms. The normalized spacial score (nSPS) is 15.4. The van der Waals surface area contributed by atoms with Gasteiger partial charge in [-0.2, -0.15) is 0 Å². The van der Waals surface area contributed by atoms with Crippen LogP contribution in [-0.2, 0) is 0 Å². The van der Waals surface area contributed by atoms with Crippen molar-refractivity contribution in [1.29, 1.82) is 0 Å². The number of aliphatic hydroxyl groups excluding tert-OH is 2. The lowest BCUT2D eigenvalue weighted by molar-refractivity contribution is 0.0741. The summed E-state index contributed by atoms with van der Waals surface area (Å²) in [7, 11) is 0. The van der Waals surface area contributed by atoms with Gasteiger partial charge >= 0.3 is 0 Å². The van der Waals surface area contributed by atoms with Gasteiger partial charge in [0.25, 0.3) is 0 Å². The first-order valence-electron chi connectivity index (χ1n) is 6.01. The van der Waals surface area contributed by atoms with Crippen LogP contribution in [0.4, 0.5) is 0 Å². The molecule has 0 bridgehead atoms. The highest BCUT2D eigenvalue weighted by molar-refractivity contribution is 4.63. The van der Waals surface area contributed by atoms with Gasteiger partial charge in [-0.1, -0.05) is 45.4 Å². The highest BCUT2D eigenvalue weighted by atomic mass is 16.3. The molecular weight excluding hydrogens is 176 g/mol. The first-order chi connectivity index (χ1) is 6.72. The van der Waals surface area contributed by atoms with Crippen molar-refractivity contribution < 1.29 is 10.2 Å². The van der Waals surface area contributed by atoms with Crippen LogP contribution in [0.3, 0.4) is 0 Å². The maximum absolute atomic E-state index is 9.29. The van der Waals surface area contributed by atoms with Crippen molar-refractivity contribution in [2.45, 2.75) is 64.9 Å². The minimum Gasteiger partial charge on any atom is -0.396 e. The zero-order chi connectivity index (χ0) is 10.8. The average Bonchev–Trinajstić information content (AvgIpc) is 2.16. The summed E-state index contributed by atoms with van der Waals surface area (Å²) in [5, 5.41) is 18.3. The number of aliphatic hydroxyl groups is 2. The number of rotatable bonds is 9. The Morgan fingerprint density at radius 1 is 1.00 bits per heavy atom. The Bertz CT molecular complexity index is 113. The van der Waals surface area contributed by atoms with E-state index in [4.69, 9.17) is 5.11 Å². The molecule has 0 aromatic heterocycles. The van der Waals surface area contributed by atoms with Crippen LogP contribution in [0.25, 0.3) is 0 Å². The average molecular weight is 202 g/mol. The Morgan fingerprint density at radius 2 is 1.57 bits per heavy atom. The van der Waals surface area contributed by atoms with E-state index in [9.17, 15) is 5.11 Å². The second-order valence-corrected chi connectivity index (χ2v) is 4.24. The minimum atomic E-state index is -0.365. The van der Waals surface area contributed by atoms with Gasteiger partial charge in [-0.15, -0.1) is 0 Å². The summed E-state index contributed by atoms with van der Waals surface area (Å²) in [6.45, 7) is 4.10. The van der Waals surface area contributed by atoms with Crippen LogP contribution in [0.2, 0.25) is 0 Å². The first-order valence-corrected chi connectivity index (χ1v) is 6.01. The Hall–Kier alpha value is -0.0800. The molecule has 0 rings (SSSR count). The minimum absolute atomic E-state index is 0.0844. The Morgan fingerprint density at radius 3 is 2.07 bits per heavy atom. The predicted octanol–water partition coefficient (Wildman–Crippen LogP) is 2.73. The molecule has 0 saturated heterocycles. The van der Waals surface area contributed by atoms with Gasteiger partial charge in [-0.05, 0) is 13.3 Å². The topological polar surface area (TPSA) is 40.5 Å². The van der Waals surface area contributed by atoms with Crippen LogP contribution in [0.1, 0.15) is 58.8 Å². The molecule has 0 aliphatic rings. The maximum Gasteiger partial charge on any atom is 0.0562 e. The van der Waals surface area contributed by atoms with Crippen LogP contribution < -0.4 is 0 Å². The summed E-state index contributed by atoms with van der Waals surface area (Å²) in [5.74, 6) is 0.0844. The number of unbranched alkanes of at least 4 members (excludes halogenated alkanes) is 5. The monoisotopic (exact) mass is 202 g/mol. The molecular formula is C12H26O2. The van der Waals surface area contributed by atoms with Crippen molar-refractivity contribution in [3.05, 3.63) is 0 Å². The Kier molecular flexibility index (Phi) is 9.42. The largest absolute Gasteiger partial charge is 0.396 e. The van der Waals surface area contributed by atoms with Crippen molar-refractivity contribution in [3.63, 3.8) is 0 Å². The molecule has 14 heavy (non-hydrogen) atoms. The van der Waals surface area contributed by atoms with Crippen LogP contribution in [-0.4, -0.2) is 22.9 Å². The van der Waals surface area contributed by atoms with Crippen LogP contribution >= 0.6 is 0 Å². The highest BCUT2D eigenvalue weighted by Gasteiger charge is 2.12. The smallest absolute Gasteiger partial charge is 0.0562 e. The van der Waals surface area contributed by atoms with Crippen LogP contribution in [0, 0.1) is 5.92 Å². The van der Waals surface area contributed by atoms with E-state index >= 15 is 0 Å². The molecule has 0 saturated carbocycles. The molecule has 2 nitrogen and oxygen atoms in total. The lowest BCUT2D eigenvalue weighted by Crippen LogP contribution is -2.20. The third kappa shape index (κ3) is 7.34. The summed E-state index contributed by atoms with van der Waals surface area (Å²) in [4.78, 5) is 0. The molecule has 0 amide bonds. The van der Waals surface area contributed by atoms with E-state index in [1.165, 1.54) is 32.1 Å². The molecule has 2 heteroatoms. The van der Waals surface area contributed by atoms with Gasteiger partial charge < -0.3 is 10.2 Å². The van der Waals surface area contributed by atoms with E-state index in [0.717, 1.165) is 12.8 Å². The number of hydrogen-bond donors (Lipinski definition) is 2. The standard InChI is InChI=1S/C12H26O2/c1-3-4-5-6-7-8-9-12(10-13)11(2)14/h11-14H,3-10H2,1-2H3/t11-,12-/m1/s1. The SMILES string of the molecule is CCCCCCCC[C@H](CO)[C@@H](C)O. The fourth-order valence-corrected chi connectivity index (χ4v) is 1.67. The summed E-state index contributed by atoms with van der Waals surface area (Å²) in [6.07, 6.45) is 8.22. The van der Waals surface area contributed by atoms with Gasteiger partial charge in [0, 0.05) is 12.5 Å². The molecule has 0 aromatic carbocycles. The van der Waals surface area contributed by atoms with Crippen molar-refractivity contribution >= 4 is 0 Å². The summed E-state index contributed by atoms with van der Waals surface area (Å²) >= 11 is 0. The molecule has 0 aliphatic heterocycles. The van der Waals surface area contributed by atoms with E-state index in [-0.39, 0.29) is 18.6 Å². The Balaban J connectivity index is 3.25. The van der Waals surface area contributed by atoms with Crippen molar-refractivity contribution in [1.82, 2.24) is 0 Å². The van der Waals surface area contributed by atoms with E-state index in [0.29, 0.717) is 0 Å². The molecule has 0 heterocycles. The van der Waals surface area contributed by atoms with Crippen LogP contribution in [0.5, 0.6) is 0 Å². The second kappa shape index (κ2) is 9.47. The quantitative estimate of drug-likeness (QED) is 0.564. The maximum atomic E-state index is 9.29. The summed E-state index contributed by atoms with van der Waals surface area (Å²) in [6, 6.07) is 0.